The Morgan fingerprint density at radius 3 is 2.64 bits per heavy atom. The number of piperidine rings is 1. The summed E-state index contributed by atoms with van der Waals surface area (Å²) >= 11 is 7.16. The van der Waals surface area contributed by atoms with Crippen molar-refractivity contribution in [3.63, 3.8) is 0 Å². The first-order valence-corrected chi connectivity index (χ1v) is 13.1. The molecule has 1 atom stereocenters. The van der Waals surface area contributed by atoms with Crippen LogP contribution in [-0.2, 0) is 22.4 Å². The molecule has 2 aliphatic rings. The first kappa shape index (κ1) is 27.3. The van der Waals surface area contributed by atoms with Gasteiger partial charge in [0.25, 0.3) is 5.56 Å². The summed E-state index contributed by atoms with van der Waals surface area (Å²) in [6, 6.07) is 3.69. The third-order valence-electron chi connectivity index (χ3n) is 6.65. The van der Waals surface area contributed by atoms with Crippen LogP contribution in [0.2, 0.25) is 5.02 Å². The highest BCUT2D eigenvalue weighted by Crippen LogP contribution is 2.35. The molecule has 0 radical (unpaired) electrons. The molecule has 1 amide bonds. The molecule has 206 valence electrons. The van der Waals surface area contributed by atoms with Crippen LogP contribution in [0.4, 0.5) is 22.0 Å². The summed E-state index contributed by atoms with van der Waals surface area (Å²) in [6.07, 6.45) is -3.26. The lowest BCUT2D eigenvalue weighted by Gasteiger charge is -2.31. The maximum atomic E-state index is 14.1. The molecule has 2 aliphatic heterocycles. The Morgan fingerprint density at radius 1 is 1.18 bits per heavy atom. The van der Waals surface area contributed by atoms with Gasteiger partial charge in [0, 0.05) is 42.6 Å². The molecule has 14 heteroatoms. The predicted molar refractivity (Wildman–Crippen MR) is 133 cm³/mol. The number of hydrogen-bond acceptors (Lipinski definition) is 6. The Balaban J connectivity index is 1.19. The predicted octanol–water partition coefficient (Wildman–Crippen LogP) is 5.53. The van der Waals surface area contributed by atoms with E-state index in [-0.39, 0.29) is 22.9 Å². The number of thiazole rings is 1. The minimum atomic E-state index is -4.88. The van der Waals surface area contributed by atoms with Crippen LogP contribution in [0.1, 0.15) is 53.1 Å². The first-order valence-electron chi connectivity index (χ1n) is 11.9. The summed E-state index contributed by atoms with van der Waals surface area (Å²) < 4.78 is 67.7. The van der Waals surface area contributed by atoms with Crippen LogP contribution in [0.15, 0.2) is 45.8 Å². The van der Waals surface area contributed by atoms with E-state index < -0.39 is 47.5 Å². The van der Waals surface area contributed by atoms with Gasteiger partial charge in [-0.2, -0.15) is 13.2 Å². The summed E-state index contributed by atoms with van der Waals surface area (Å²) in [5, 5.41) is 6.35. The highest BCUT2D eigenvalue weighted by molar-refractivity contribution is 7.10. The number of carbonyl (C=O) groups excluding carboxylic acids is 1. The molecular formula is C25H20ClF5N4O3S. The quantitative estimate of drug-likeness (QED) is 0.369. The third-order valence-corrected chi connectivity index (χ3v) is 7.87. The molecule has 0 saturated carbocycles. The van der Waals surface area contributed by atoms with E-state index >= 15 is 0 Å². The maximum Gasteiger partial charge on any atom is 0.421 e. The summed E-state index contributed by atoms with van der Waals surface area (Å²) in [7, 11) is 0. The number of hydrogen-bond donors (Lipinski definition) is 0. The topological polar surface area (TPSA) is 76.8 Å². The molecule has 1 unspecified atom stereocenters. The van der Waals surface area contributed by atoms with Gasteiger partial charge in [0.1, 0.15) is 29.5 Å². The molecule has 0 aliphatic carbocycles. The number of rotatable bonds is 5. The van der Waals surface area contributed by atoms with E-state index in [0.29, 0.717) is 48.0 Å². The van der Waals surface area contributed by atoms with Crippen LogP contribution >= 0.6 is 22.9 Å². The Kier molecular flexibility index (Phi) is 7.47. The monoisotopic (exact) mass is 586 g/mol. The standard InChI is InChI=1S/C25H20ClF5N4O3S/c26-14-7-17(25(29,30)31)24(37)35(10-14)11-22(36)34-5-3-13(4-6-34)23-32-20(12-39-23)19-9-21(38-33-19)16-8-15(27)1-2-18(16)28/h1-2,7-8,10,12-13,21H,3-6,9,11H2. The zero-order valence-electron chi connectivity index (χ0n) is 20.1. The second-order valence-corrected chi connectivity index (χ2v) is 10.6. The van der Waals surface area contributed by atoms with Crippen molar-refractivity contribution in [3.8, 4) is 0 Å². The molecule has 3 aromatic rings. The van der Waals surface area contributed by atoms with Crippen LogP contribution in [0.25, 0.3) is 0 Å². The highest BCUT2D eigenvalue weighted by atomic mass is 35.5. The van der Waals surface area contributed by atoms with Gasteiger partial charge in [-0.3, -0.25) is 9.59 Å². The van der Waals surface area contributed by atoms with Crippen molar-refractivity contribution in [2.24, 2.45) is 5.16 Å². The minimum Gasteiger partial charge on any atom is -0.387 e. The average molecular weight is 587 g/mol. The van der Waals surface area contributed by atoms with E-state index in [1.807, 2.05) is 5.38 Å². The van der Waals surface area contributed by atoms with Crippen LogP contribution in [-0.4, -0.2) is 39.2 Å². The molecule has 0 spiro atoms. The number of oxime groups is 1. The molecule has 0 N–H and O–H groups in total. The molecular weight excluding hydrogens is 567 g/mol. The summed E-state index contributed by atoms with van der Waals surface area (Å²) in [4.78, 5) is 36.5. The van der Waals surface area contributed by atoms with Crippen molar-refractivity contribution in [1.29, 1.82) is 0 Å². The Hall–Kier alpha value is -3.32. The second kappa shape index (κ2) is 10.7. The Bertz CT molecular complexity index is 1500. The molecule has 1 fully saturated rings. The fourth-order valence-electron chi connectivity index (χ4n) is 4.61. The number of halogens is 6. The lowest BCUT2D eigenvalue weighted by Crippen LogP contribution is -2.41. The van der Waals surface area contributed by atoms with Gasteiger partial charge in [0.2, 0.25) is 5.91 Å². The zero-order valence-corrected chi connectivity index (χ0v) is 21.6. The number of aromatic nitrogens is 2. The summed E-state index contributed by atoms with van der Waals surface area (Å²) in [5.41, 5.74) is -1.58. The van der Waals surface area contributed by atoms with Gasteiger partial charge in [0.15, 0.2) is 6.10 Å². The van der Waals surface area contributed by atoms with Gasteiger partial charge in [-0.1, -0.05) is 16.8 Å². The van der Waals surface area contributed by atoms with Crippen molar-refractivity contribution in [1.82, 2.24) is 14.5 Å². The molecule has 1 saturated heterocycles. The van der Waals surface area contributed by atoms with Crippen molar-refractivity contribution in [2.45, 2.75) is 44.0 Å². The van der Waals surface area contributed by atoms with E-state index in [1.54, 1.807) is 0 Å². The molecule has 1 aromatic carbocycles. The van der Waals surface area contributed by atoms with Gasteiger partial charge >= 0.3 is 6.18 Å². The largest absolute Gasteiger partial charge is 0.421 e. The van der Waals surface area contributed by atoms with Crippen molar-refractivity contribution >= 4 is 34.6 Å². The van der Waals surface area contributed by atoms with Gasteiger partial charge in [-0.25, -0.2) is 13.8 Å². The molecule has 5 rings (SSSR count). The molecule has 2 aromatic heterocycles. The number of alkyl halides is 3. The van der Waals surface area contributed by atoms with E-state index in [0.717, 1.165) is 29.4 Å². The smallest absolute Gasteiger partial charge is 0.387 e. The second-order valence-electron chi connectivity index (χ2n) is 9.23. The maximum absolute atomic E-state index is 14.1. The number of nitrogens with zero attached hydrogens (tertiary/aromatic N) is 4. The van der Waals surface area contributed by atoms with Crippen molar-refractivity contribution in [2.75, 3.05) is 13.1 Å². The first-order chi connectivity index (χ1) is 18.5. The fraction of sp³-hybridized carbons (Fsp3) is 0.360. The Morgan fingerprint density at radius 2 is 1.92 bits per heavy atom. The van der Waals surface area contributed by atoms with E-state index in [9.17, 15) is 31.5 Å². The highest BCUT2D eigenvalue weighted by Gasteiger charge is 2.36. The normalized spacial score (nSPS) is 18.3. The van der Waals surface area contributed by atoms with Crippen LogP contribution < -0.4 is 5.56 Å². The van der Waals surface area contributed by atoms with E-state index in [2.05, 4.69) is 10.1 Å². The van der Waals surface area contributed by atoms with Gasteiger partial charge in [-0.15, -0.1) is 11.3 Å². The summed E-state index contributed by atoms with van der Waals surface area (Å²) in [5.74, 6) is -1.61. The van der Waals surface area contributed by atoms with Gasteiger partial charge in [-0.05, 0) is 37.1 Å². The van der Waals surface area contributed by atoms with E-state index in [1.165, 1.54) is 16.2 Å². The lowest BCUT2D eigenvalue weighted by atomic mass is 9.97. The molecule has 4 heterocycles. The van der Waals surface area contributed by atoms with Crippen LogP contribution in [0, 0.1) is 11.6 Å². The van der Waals surface area contributed by atoms with Crippen molar-refractivity contribution < 1.29 is 31.6 Å². The number of likely N-dealkylation sites (tertiary alicyclic amines) is 1. The van der Waals surface area contributed by atoms with E-state index in [4.69, 9.17) is 16.4 Å². The lowest BCUT2D eigenvalue weighted by molar-refractivity contribution is -0.139. The fourth-order valence-corrected chi connectivity index (χ4v) is 5.83. The minimum absolute atomic E-state index is 0.0397. The number of amides is 1. The Labute approximate surface area is 227 Å². The average Bonchev–Trinajstić information content (AvgIpc) is 3.57. The third kappa shape index (κ3) is 5.83. The SMILES string of the molecule is O=C(Cn1cc(Cl)cc(C(F)(F)F)c1=O)N1CCC(c2nc(C3=NOC(c4cc(F)ccc4F)C3)cs2)CC1. The van der Waals surface area contributed by atoms with Crippen molar-refractivity contribution in [3.05, 3.63) is 84.7 Å². The number of carbonyl (C=O) groups is 1. The van der Waals surface area contributed by atoms with Crippen LogP contribution in [0.3, 0.4) is 0 Å². The molecule has 39 heavy (non-hydrogen) atoms. The van der Waals surface area contributed by atoms with Gasteiger partial charge in [0.05, 0.1) is 15.7 Å². The summed E-state index contributed by atoms with van der Waals surface area (Å²) in [6.45, 7) is 0.122. The number of benzene rings is 1. The molecule has 0 bridgehead atoms. The molecule has 7 nitrogen and oxygen atoms in total. The van der Waals surface area contributed by atoms with Gasteiger partial charge < -0.3 is 14.3 Å². The van der Waals surface area contributed by atoms with Crippen LogP contribution in [0.5, 0.6) is 0 Å². The zero-order chi connectivity index (χ0) is 27.9. The number of pyridine rings is 1.